The minimum absolute atomic E-state index is 0.0363. The number of hydrogen-bond donors (Lipinski definition) is 2. The number of hydrogen-bond acceptors (Lipinski definition) is 4. The lowest BCUT2D eigenvalue weighted by Crippen LogP contribution is -2.43. The Hall–Kier alpha value is -1.96. The van der Waals surface area contributed by atoms with E-state index in [2.05, 4.69) is 10.6 Å². The number of benzene rings is 1. The van der Waals surface area contributed by atoms with Gasteiger partial charge in [0.05, 0.1) is 5.75 Å². The van der Waals surface area contributed by atoms with Crippen molar-refractivity contribution in [2.24, 2.45) is 0 Å². The van der Waals surface area contributed by atoms with Gasteiger partial charge in [0, 0.05) is 18.9 Å². The number of carbonyl (C=O) groups is 2. The molecule has 1 aromatic rings. The van der Waals surface area contributed by atoms with Crippen molar-refractivity contribution in [1.29, 1.82) is 0 Å². The Kier molecular flexibility index (Phi) is 5.83. The molecule has 1 aromatic carbocycles. The van der Waals surface area contributed by atoms with Crippen molar-refractivity contribution in [1.82, 2.24) is 5.32 Å². The second-order valence-electron chi connectivity index (χ2n) is 4.67. The normalized spacial score (nSPS) is 12.5. The Labute approximate surface area is 122 Å². The number of sulfone groups is 1. The lowest BCUT2D eigenvalue weighted by Gasteiger charge is -2.17. The lowest BCUT2D eigenvalue weighted by molar-refractivity contribution is -0.125. The van der Waals surface area contributed by atoms with Crippen LogP contribution in [0.2, 0.25) is 0 Å². The SMILES string of the molecule is CC(=O)N[C@@H](CCS(C)(=O)=O)C(=O)Nc1ccc(F)cc1. The van der Waals surface area contributed by atoms with Crippen molar-refractivity contribution in [2.75, 3.05) is 17.3 Å². The lowest BCUT2D eigenvalue weighted by atomic mass is 10.2. The average molecular weight is 316 g/mol. The van der Waals surface area contributed by atoms with Gasteiger partial charge in [-0.1, -0.05) is 0 Å². The second kappa shape index (κ2) is 7.16. The molecule has 0 heterocycles. The summed E-state index contributed by atoms with van der Waals surface area (Å²) in [7, 11) is -3.25. The van der Waals surface area contributed by atoms with E-state index in [1.807, 2.05) is 0 Å². The molecular weight excluding hydrogens is 299 g/mol. The summed E-state index contributed by atoms with van der Waals surface area (Å²) in [6.45, 7) is 1.23. The maximum Gasteiger partial charge on any atom is 0.246 e. The van der Waals surface area contributed by atoms with Gasteiger partial charge in [-0.2, -0.15) is 0 Å². The van der Waals surface area contributed by atoms with Crippen LogP contribution >= 0.6 is 0 Å². The van der Waals surface area contributed by atoms with Crippen LogP contribution in [0.25, 0.3) is 0 Å². The predicted octanol–water partition coefficient (Wildman–Crippen LogP) is 0.704. The van der Waals surface area contributed by atoms with Gasteiger partial charge in [-0.05, 0) is 30.7 Å². The van der Waals surface area contributed by atoms with Crippen LogP contribution < -0.4 is 10.6 Å². The van der Waals surface area contributed by atoms with Crippen molar-refractivity contribution < 1.29 is 22.4 Å². The topological polar surface area (TPSA) is 92.3 Å². The summed E-state index contributed by atoms with van der Waals surface area (Å²) in [4.78, 5) is 23.1. The van der Waals surface area contributed by atoms with E-state index in [-0.39, 0.29) is 12.2 Å². The van der Waals surface area contributed by atoms with Crippen LogP contribution in [0.3, 0.4) is 0 Å². The first-order chi connectivity index (χ1) is 9.67. The van der Waals surface area contributed by atoms with Crippen molar-refractivity contribution in [3.63, 3.8) is 0 Å². The smallest absolute Gasteiger partial charge is 0.246 e. The van der Waals surface area contributed by atoms with Gasteiger partial charge in [-0.25, -0.2) is 12.8 Å². The van der Waals surface area contributed by atoms with Crippen LogP contribution in [0.1, 0.15) is 13.3 Å². The van der Waals surface area contributed by atoms with Crippen LogP contribution in [-0.4, -0.2) is 38.3 Å². The Balaban J connectivity index is 2.74. The molecule has 8 heteroatoms. The van der Waals surface area contributed by atoms with Crippen molar-refractivity contribution in [3.05, 3.63) is 30.1 Å². The first-order valence-corrected chi connectivity index (χ1v) is 8.24. The monoisotopic (exact) mass is 316 g/mol. The number of halogens is 1. The number of anilines is 1. The van der Waals surface area contributed by atoms with Crippen LogP contribution in [0, 0.1) is 5.82 Å². The molecule has 116 valence electrons. The molecule has 0 saturated heterocycles. The summed E-state index contributed by atoms with van der Waals surface area (Å²) in [6, 6.07) is 4.13. The molecule has 1 atom stereocenters. The zero-order chi connectivity index (χ0) is 16.0. The summed E-state index contributed by atoms with van der Waals surface area (Å²) >= 11 is 0. The molecule has 0 unspecified atom stereocenters. The van der Waals surface area contributed by atoms with E-state index < -0.39 is 33.5 Å². The van der Waals surface area contributed by atoms with Crippen LogP contribution in [0.15, 0.2) is 24.3 Å². The molecule has 1 rings (SSSR count). The number of nitrogens with one attached hydrogen (secondary N) is 2. The Morgan fingerprint density at radius 2 is 1.81 bits per heavy atom. The van der Waals surface area contributed by atoms with Crippen LogP contribution in [0.5, 0.6) is 0 Å². The fourth-order valence-corrected chi connectivity index (χ4v) is 2.27. The average Bonchev–Trinajstić information content (AvgIpc) is 2.35. The van der Waals surface area contributed by atoms with E-state index in [0.29, 0.717) is 5.69 Å². The minimum Gasteiger partial charge on any atom is -0.345 e. The van der Waals surface area contributed by atoms with E-state index >= 15 is 0 Å². The Morgan fingerprint density at radius 1 is 1.24 bits per heavy atom. The fourth-order valence-electron chi connectivity index (χ4n) is 1.61. The fraction of sp³-hybridized carbons (Fsp3) is 0.385. The second-order valence-corrected chi connectivity index (χ2v) is 6.93. The molecule has 0 aliphatic rings. The zero-order valence-electron chi connectivity index (χ0n) is 11.7. The number of carbonyl (C=O) groups excluding carboxylic acids is 2. The third-order valence-corrected chi connectivity index (χ3v) is 3.56. The highest BCUT2D eigenvalue weighted by molar-refractivity contribution is 7.90. The molecule has 2 N–H and O–H groups in total. The standard InChI is InChI=1S/C13H17FN2O4S/c1-9(17)15-12(7-8-21(2,19)20)13(18)16-11-5-3-10(14)4-6-11/h3-6,12H,7-8H2,1-2H3,(H,15,17)(H,16,18)/t12-/m0/s1. The molecule has 0 bridgehead atoms. The zero-order valence-corrected chi connectivity index (χ0v) is 12.5. The molecule has 0 fully saturated rings. The number of rotatable bonds is 6. The Morgan fingerprint density at radius 3 is 2.29 bits per heavy atom. The first kappa shape index (κ1) is 17.1. The van der Waals surface area contributed by atoms with E-state index in [0.717, 1.165) is 6.26 Å². The molecule has 21 heavy (non-hydrogen) atoms. The quantitative estimate of drug-likeness (QED) is 0.808. The largest absolute Gasteiger partial charge is 0.345 e. The third kappa shape index (κ3) is 6.84. The highest BCUT2D eigenvalue weighted by Gasteiger charge is 2.21. The highest BCUT2D eigenvalue weighted by Crippen LogP contribution is 2.09. The molecular formula is C13H17FN2O4S. The third-order valence-electron chi connectivity index (χ3n) is 2.58. The molecule has 6 nitrogen and oxygen atoms in total. The van der Waals surface area contributed by atoms with E-state index in [1.54, 1.807) is 0 Å². The molecule has 0 radical (unpaired) electrons. The Bertz CT molecular complexity index is 614. The van der Waals surface area contributed by atoms with Gasteiger partial charge < -0.3 is 10.6 Å². The van der Waals surface area contributed by atoms with Gasteiger partial charge in [0.25, 0.3) is 0 Å². The van der Waals surface area contributed by atoms with E-state index in [4.69, 9.17) is 0 Å². The summed E-state index contributed by atoms with van der Waals surface area (Å²) in [6.07, 6.45) is 1.02. The summed E-state index contributed by atoms with van der Waals surface area (Å²) in [5.74, 6) is -1.67. The van der Waals surface area contributed by atoms with E-state index in [1.165, 1.54) is 31.2 Å². The maximum atomic E-state index is 12.8. The van der Waals surface area contributed by atoms with Gasteiger partial charge in [0.1, 0.15) is 21.7 Å². The summed E-state index contributed by atoms with van der Waals surface area (Å²) < 4.78 is 35.1. The molecule has 0 saturated carbocycles. The minimum atomic E-state index is -3.25. The number of amides is 2. The molecule has 0 spiro atoms. The van der Waals surface area contributed by atoms with Crippen LogP contribution in [0.4, 0.5) is 10.1 Å². The molecule has 2 amide bonds. The van der Waals surface area contributed by atoms with Crippen molar-refractivity contribution >= 4 is 27.3 Å². The van der Waals surface area contributed by atoms with Gasteiger partial charge in [-0.15, -0.1) is 0 Å². The van der Waals surface area contributed by atoms with Gasteiger partial charge >= 0.3 is 0 Å². The van der Waals surface area contributed by atoms with Crippen LogP contribution in [-0.2, 0) is 19.4 Å². The molecule has 0 aliphatic carbocycles. The van der Waals surface area contributed by atoms with Crippen molar-refractivity contribution in [2.45, 2.75) is 19.4 Å². The van der Waals surface area contributed by atoms with Gasteiger partial charge in [0.15, 0.2) is 0 Å². The summed E-state index contributed by atoms with van der Waals surface area (Å²) in [5.41, 5.74) is 0.358. The predicted molar refractivity (Wildman–Crippen MR) is 77.0 cm³/mol. The molecule has 0 aliphatic heterocycles. The van der Waals surface area contributed by atoms with E-state index in [9.17, 15) is 22.4 Å². The van der Waals surface area contributed by atoms with Gasteiger partial charge in [0.2, 0.25) is 11.8 Å². The molecule has 0 aromatic heterocycles. The maximum absolute atomic E-state index is 12.8. The first-order valence-electron chi connectivity index (χ1n) is 6.18. The summed E-state index contributed by atoms with van der Waals surface area (Å²) in [5, 5.41) is 4.89. The van der Waals surface area contributed by atoms with Gasteiger partial charge in [-0.3, -0.25) is 9.59 Å². The van der Waals surface area contributed by atoms with Crippen molar-refractivity contribution in [3.8, 4) is 0 Å². The highest BCUT2D eigenvalue weighted by atomic mass is 32.2.